The van der Waals surface area contributed by atoms with E-state index in [0.717, 1.165) is 12.8 Å². The first-order chi connectivity index (χ1) is 13.5. The fourth-order valence-electron chi connectivity index (χ4n) is 2.64. The Kier molecular flexibility index (Phi) is 8.17. The second kappa shape index (κ2) is 10.8. The van der Waals surface area contributed by atoms with Crippen LogP contribution in [0, 0.1) is 0 Å². The molecule has 7 nitrogen and oxygen atoms in total. The average Bonchev–Trinajstić information content (AvgIpc) is 2.72. The van der Waals surface area contributed by atoms with Crippen molar-refractivity contribution in [3.05, 3.63) is 65.7 Å². The van der Waals surface area contributed by atoms with Crippen LogP contribution in [-0.4, -0.2) is 36.0 Å². The van der Waals surface area contributed by atoms with Crippen LogP contribution in [-0.2, 0) is 16.0 Å². The molecule has 0 atom stereocenters. The third-order valence-corrected chi connectivity index (χ3v) is 4.20. The van der Waals surface area contributed by atoms with Gasteiger partial charge in [0, 0.05) is 17.8 Å². The lowest BCUT2D eigenvalue weighted by atomic mass is 10.1. The number of carbonyl (C=O) groups is 3. The largest absolute Gasteiger partial charge is 0.355 e. The molecule has 2 aromatic carbocycles. The Morgan fingerprint density at radius 1 is 1.00 bits per heavy atom. The topological polar surface area (TPSA) is 98.7 Å². The van der Waals surface area contributed by atoms with Crippen LogP contribution in [0.1, 0.15) is 35.7 Å². The molecule has 0 aromatic heterocycles. The number of hydrogen-bond acceptors (Lipinski definition) is 4. The van der Waals surface area contributed by atoms with E-state index >= 15 is 0 Å². The third-order valence-electron chi connectivity index (χ3n) is 4.20. The zero-order chi connectivity index (χ0) is 20.4. The molecule has 2 aromatic rings. The van der Waals surface area contributed by atoms with Crippen LogP contribution in [0.2, 0.25) is 0 Å². The molecule has 2 rings (SSSR count). The standard InChI is InChI=1S/C21H25N3O4/c1-2-3-13-22-19(25)15-24(18-7-5-4-6-8-18)20(26)14-16-9-11-17(12-10-16)21(27)23-28/h4-12,28H,2-3,13-15H2,1H3,(H,22,25)(H,23,27). The fraction of sp³-hybridized carbons (Fsp3) is 0.286. The maximum Gasteiger partial charge on any atom is 0.274 e. The molecule has 0 fully saturated rings. The van der Waals surface area contributed by atoms with Crippen molar-refractivity contribution in [3.63, 3.8) is 0 Å². The first-order valence-corrected chi connectivity index (χ1v) is 9.20. The van der Waals surface area contributed by atoms with Crippen LogP contribution in [0.15, 0.2) is 54.6 Å². The minimum atomic E-state index is -0.618. The molecule has 0 radical (unpaired) electrons. The Bertz CT molecular complexity index is 791. The van der Waals surface area contributed by atoms with Crippen LogP contribution in [0.5, 0.6) is 0 Å². The van der Waals surface area contributed by atoms with Crippen molar-refractivity contribution in [1.82, 2.24) is 10.8 Å². The van der Waals surface area contributed by atoms with Gasteiger partial charge >= 0.3 is 0 Å². The maximum atomic E-state index is 12.9. The zero-order valence-corrected chi connectivity index (χ0v) is 15.9. The van der Waals surface area contributed by atoms with Gasteiger partial charge in [0.15, 0.2) is 0 Å². The van der Waals surface area contributed by atoms with Gasteiger partial charge in [-0.3, -0.25) is 19.6 Å². The molecule has 0 aliphatic carbocycles. The minimum absolute atomic E-state index is 0.0580. The predicted molar refractivity (Wildman–Crippen MR) is 106 cm³/mol. The Balaban J connectivity index is 2.10. The molecule has 7 heteroatoms. The van der Waals surface area contributed by atoms with E-state index in [1.54, 1.807) is 29.7 Å². The molecule has 0 saturated carbocycles. The van der Waals surface area contributed by atoms with E-state index < -0.39 is 5.91 Å². The average molecular weight is 383 g/mol. The summed E-state index contributed by atoms with van der Waals surface area (Å²) in [5, 5.41) is 11.5. The number of amides is 3. The van der Waals surface area contributed by atoms with E-state index in [2.05, 4.69) is 5.32 Å². The lowest BCUT2D eigenvalue weighted by Crippen LogP contribution is -2.41. The third kappa shape index (κ3) is 6.21. The molecular weight excluding hydrogens is 358 g/mol. The summed E-state index contributed by atoms with van der Waals surface area (Å²) in [6.45, 7) is 2.57. The predicted octanol–water partition coefficient (Wildman–Crippen LogP) is 2.30. The minimum Gasteiger partial charge on any atom is -0.355 e. The Hall–Kier alpha value is -3.19. The zero-order valence-electron chi connectivity index (χ0n) is 15.9. The first kappa shape index (κ1) is 21.1. The van der Waals surface area contributed by atoms with E-state index in [0.29, 0.717) is 17.8 Å². The highest BCUT2D eigenvalue weighted by atomic mass is 16.5. The molecule has 0 unspecified atom stereocenters. The van der Waals surface area contributed by atoms with Gasteiger partial charge in [0.25, 0.3) is 5.91 Å². The Morgan fingerprint density at radius 3 is 2.29 bits per heavy atom. The Labute approximate surface area is 164 Å². The molecule has 0 spiro atoms. The summed E-state index contributed by atoms with van der Waals surface area (Å²) in [6.07, 6.45) is 1.95. The summed E-state index contributed by atoms with van der Waals surface area (Å²) in [5.41, 5.74) is 3.20. The molecule has 0 aliphatic heterocycles. The van der Waals surface area contributed by atoms with Crippen molar-refractivity contribution < 1.29 is 19.6 Å². The number of anilines is 1. The number of unbranched alkanes of at least 4 members (excludes halogenated alkanes) is 1. The number of para-hydroxylation sites is 1. The smallest absolute Gasteiger partial charge is 0.274 e. The molecule has 0 saturated heterocycles. The monoisotopic (exact) mass is 383 g/mol. The molecule has 28 heavy (non-hydrogen) atoms. The number of hydrogen-bond donors (Lipinski definition) is 3. The van der Waals surface area contributed by atoms with Crippen molar-refractivity contribution in [1.29, 1.82) is 0 Å². The summed E-state index contributed by atoms with van der Waals surface area (Å²) in [7, 11) is 0. The Morgan fingerprint density at radius 2 is 1.68 bits per heavy atom. The highest BCUT2D eigenvalue weighted by Crippen LogP contribution is 2.15. The molecular formula is C21H25N3O4. The molecule has 3 N–H and O–H groups in total. The van der Waals surface area contributed by atoms with Crippen LogP contribution in [0.25, 0.3) is 0 Å². The highest BCUT2D eigenvalue weighted by Gasteiger charge is 2.19. The van der Waals surface area contributed by atoms with E-state index in [-0.39, 0.29) is 30.3 Å². The highest BCUT2D eigenvalue weighted by molar-refractivity contribution is 6.00. The van der Waals surface area contributed by atoms with Gasteiger partial charge in [-0.2, -0.15) is 0 Å². The van der Waals surface area contributed by atoms with Crippen LogP contribution < -0.4 is 15.7 Å². The van der Waals surface area contributed by atoms with Crippen molar-refractivity contribution in [2.75, 3.05) is 18.0 Å². The van der Waals surface area contributed by atoms with Gasteiger partial charge in [0.1, 0.15) is 6.54 Å². The first-order valence-electron chi connectivity index (χ1n) is 9.20. The van der Waals surface area contributed by atoms with Crippen molar-refractivity contribution >= 4 is 23.4 Å². The number of carbonyl (C=O) groups excluding carboxylic acids is 3. The fourth-order valence-corrected chi connectivity index (χ4v) is 2.64. The SMILES string of the molecule is CCCCNC(=O)CN(C(=O)Cc1ccc(C(=O)NO)cc1)c1ccccc1. The van der Waals surface area contributed by atoms with E-state index in [4.69, 9.17) is 5.21 Å². The van der Waals surface area contributed by atoms with Gasteiger partial charge in [-0.1, -0.05) is 43.7 Å². The van der Waals surface area contributed by atoms with Crippen LogP contribution >= 0.6 is 0 Å². The van der Waals surface area contributed by atoms with Gasteiger partial charge in [0.05, 0.1) is 6.42 Å². The van der Waals surface area contributed by atoms with E-state index in [1.165, 1.54) is 17.0 Å². The maximum absolute atomic E-state index is 12.9. The molecule has 0 bridgehead atoms. The summed E-state index contributed by atoms with van der Waals surface area (Å²) in [4.78, 5) is 38.0. The van der Waals surface area contributed by atoms with Crippen LogP contribution in [0.4, 0.5) is 5.69 Å². The molecule has 3 amide bonds. The van der Waals surface area contributed by atoms with Crippen molar-refractivity contribution in [3.8, 4) is 0 Å². The lowest BCUT2D eigenvalue weighted by molar-refractivity contribution is -0.123. The number of nitrogens with one attached hydrogen (secondary N) is 2. The number of benzene rings is 2. The van der Waals surface area contributed by atoms with Crippen LogP contribution in [0.3, 0.4) is 0 Å². The lowest BCUT2D eigenvalue weighted by Gasteiger charge is -2.22. The van der Waals surface area contributed by atoms with Crippen molar-refractivity contribution in [2.45, 2.75) is 26.2 Å². The summed E-state index contributed by atoms with van der Waals surface area (Å²) in [5.74, 6) is -1.05. The number of nitrogens with zero attached hydrogens (tertiary/aromatic N) is 1. The van der Waals surface area contributed by atoms with Gasteiger partial charge in [0.2, 0.25) is 11.8 Å². The quantitative estimate of drug-likeness (QED) is 0.351. The summed E-state index contributed by atoms with van der Waals surface area (Å²) < 4.78 is 0. The van der Waals surface area contributed by atoms with Gasteiger partial charge in [-0.05, 0) is 36.2 Å². The molecule has 0 aliphatic rings. The summed E-state index contributed by atoms with van der Waals surface area (Å²) >= 11 is 0. The van der Waals surface area contributed by atoms with Gasteiger partial charge in [-0.15, -0.1) is 0 Å². The molecule has 0 heterocycles. The second-order valence-electron chi connectivity index (χ2n) is 6.33. The van der Waals surface area contributed by atoms with Gasteiger partial charge < -0.3 is 10.2 Å². The van der Waals surface area contributed by atoms with E-state index in [1.807, 2.05) is 25.1 Å². The van der Waals surface area contributed by atoms with Crippen molar-refractivity contribution in [2.24, 2.45) is 0 Å². The number of hydroxylamine groups is 1. The number of rotatable bonds is 9. The van der Waals surface area contributed by atoms with E-state index in [9.17, 15) is 14.4 Å². The van der Waals surface area contributed by atoms with Gasteiger partial charge in [-0.25, -0.2) is 5.48 Å². The second-order valence-corrected chi connectivity index (χ2v) is 6.33. The summed E-state index contributed by atoms with van der Waals surface area (Å²) in [6, 6.07) is 15.4. The normalized spacial score (nSPS) is 10.2. The molecule has 148 valence electrons.